The standard InChI is InChI=1S/C12H17N5O3/c1-14-12(18)8-4-6-16(7-5-8)11-9(17(19)20)2-3-10(13)15-11/h2-3,8H,4-7H2,1H3,(H2,13,15)(H,14,18). The Labute approximate surface area is 116 Å². The average Bonchev–Trinajstić information content (AvgIpc) is 2.46. The van der Waals surface area contributed by atoms with E-state index in [1.807, 2.05) is 4.90 Å². The van der Waals surface area contributed by atoms with Crippen molar-refractivity contribution >= 4 is 23.2 Å². The van der Waals surface area contributed by atoms with E-state index >= 15 is 0 Å². The number of pyridine rings is 1. The number of anilines is 2. The summed E-state index contributed by atoms with van der Waals surface area (Å²) < 4.78 is 0. The molecule has 0 aliphatic carbocycles. The first-order valence-corrected chi connectivity index (χ1v) is 6.40. The molecule has 0 unspecified atom stereocenters. The summed E-state index contributed by atoms with van der Waals surface area (Å²) in [6.07, 6.45) is 1.29. The number of nitrogens with one attached hydrogen (secondary N) is 1. The number of nitrogens with zero attached hydrogens (tertiary/aromatic N) is 3. The van der Waals surface area contributed by atoms with E-state index in [-0.39, 0.29) is 29.1 Å². The second-order valence-electron chi connectivity index (χ2n) is 4.71. The van der Waals surface area contributed by atoms with Gasteiger partial charge in [-0.3, -0.25) is 14.9 Å². The van der Waals surface area contributed by atoms with Gasteiger partial charge in [0.1, 0.15) is 5.82 Å². The van der Waals surface area contributed by atoms with E-state index in [0.29, 0.717) is 25.9 Å². The molecule has 2 heterocycles. The fourth-order valence-electron chi connectivity index (χ4n) is 2.39. The number of carbonyl (C=O) groups excluding carboxylic acids is 1. The van der Waals surface area contributed by atoms with Gasteiger partial charge in [-0.25, -0.2) is 4.98 Å². The highest BCUT2D eigenvalue weighted by Crippen LogP contribution is 2.30. The highest BCUT2D eigenvalue weighted by Gasteiger charge is 2.28. The van der Waals surface area contributed by atoms with Gasteiger partial charge in [0.2, 0.25) is 11.7 Å². The third-order valence-electron chi connectivity index (χ3n) is 3.48. The lowest BCUT2D eigenvalue weighted by Gasteiger charge is -2.31. The summed E-state index contributed by atoms with van der Waals surface area (Å²) in [6, 6.07) is 2.78. The summed E-state index contributed by atoms with van der Waals surface area (Å²) in [5.74, 6) is 0.500. The van der Waals surface area contributed by atoms with Crippen molar-refractivity contribution in [1.82, 2.24) is 10.3 Å². The van der Waals surface area contributed by atoms with Gasteiger partial charge in [-0.05, 0) is 18.9 Å². The molecule has 1 amide bonds. The van der Waals surface area contributed by atoms with Crippen molar-refractivity contribution in [1.29, 1.82) is 0 Å². The molecular weight excluding hydrogens is 262 g/mol. The number of amides is 1. The van der Waals surface area contributed by atoms with Crippen LogP contribution in [0.2, 0.25) is 0 Å². The van der Waals surface area contributed by atoms with Crippen LogP contribution < -0.4 is 16.0 Å². The minimum absolute atomic E-state index is 0.0136. The van der Waals surface area contributed by atoms with Gasteiger partial charge in [0.05, 0.1) is 4.92 Å². The molecule has 2 rings (SSSR count). The molecule has 1 aromatic rings. The fourth-order valence-corrected chi connectivity index (χ4v) is 2.39. The van der Waals surface area contributed by atoms with Crippen molar-refractivity contribution in [2.45, 2.75) is 12.8 Å². The van der Waals surface area contributed by atoms with Crippen molar-refractivity contribution in [3.63, 3.8) is 0 Å². The zero-order valence-electron chi connectivity index (χ0n) is 11.2. The van der Waals surface area contributed by atoms with E-state index < -0.39 is 4.92 Å². The van der Waals surface area contributed by atoms with Gasteiger partial charge < -0.3 is 16.0 Å². The molecule has 0 bridgehead atoms. The maximum atomic E-state index is 11.6. The molecule has 8 heteroatoms. The highest BCUT2D eigenvalue weighted by atomic mass is 16.6. The number of nitrogen functional groups attached to an aromatic ring is 1. The molecule has 0 aromatic carbocycles. The van der Waals surface area contributed by atoms with Crippen LogP contribution in [-0.2, 0) is 4.79 Å². The van der Waals surface area contributed by atoms with E-state index in [0.717, 1.165) is 0 Å². The molecule has 1 aliphatic rings. The van der Waals surface area contributed by atoms with Gasteiger partial charge >= 0.3 is 5.69 Å². The van der Waals surface area contributed by atoms with Crippen LogP contribution in [0, 0.1) is 16.0 Å². The first-order chi connectivity index (χ1) is 9.52. The molecule has 108 valence electrons. The number of hydrogen-bond donors (Lipinski definition) is 2. The lowest BCUT2D eigenvalue weighted by Crippen LogP contribution is -2.40. The summed E-state index contributed by atoms with van der Waals surface area (Å²) >= 11 is 0. The summed E-state index contributed by atoms with van der Waals surface area (Å²) in [4.78, 5) is 28.0. The minimum Gasteiger partial charge on any atom is -0.384 e. The van der Waals surface area contributed by atoms with Crippen LogP contribution in [0.1, 0.15) is 12.8 Å². The fraction of sp³-hybridized carbons (Fsp3) is 0.500. The van der Waals surface area contributed by atoms with Crippen LogP contribution in [0.3, 0.4) is 0 Å². The first-order valence-electron chi connectivity index (χ1n) is 6.40. The lowest BCUT2D eigenvalue weighted by molar-refractivity contribution is -0.384. The number of carbonyl (C=O) groups is 1. The molecule has 0 atom stereocenters. The largest absolute Gasteiger partial charge is 0.384 e. The van der Waals surface area contributed by atoms with Crippen molar-refractivity contribution in [3.8, 4) is 0 Å². The first kappa shape index (κ1) is 14.0. The number of aromatic nitrogens is 1. The third-order valence-corrected chi connectivity index (χ3v) is 3.48. The predicted octanol–water partition coefficient (Wildman–Crippen LogP) is 0.534. The highest BCUT2D eigenvalue weighted by molar-refractivity contribution is 5.78. The van der Waals surface area contributed by atoms with Crippen LogP contribution in [0.5, 0.6) is 0 Å². The molecule has 0 spiro atoms. The molecule has 3 N–H and O–H groups in total. The van der Waals surface area contributed by atoms with Gasteiger partial charge in [0, 0.05) is 32.1 Å². The normalized spacial score (nSPS) is 15.9. The van der Waals surface area contributed by atoms with E-state index in [2.05, 4.69) is 10.3 Å². The average molecular weight is 279 g/mol. The van der Waals surface area contributed by atoms with Crippen LogP contribution in [0.15, 0.2) is 12.1 Å². The summed E-state index contributed by atoms with van der Waals surface area (Å²) in [7, 11) is 1.61. The Morgan fingerprint density at radius 3 is 2.70 bits per heavy atom. The molecule has 1 aliphatic heterocycles. The monoisotopic (exact) mass is 279 g/mol. The molecule has 0 radical (unpaired) electrons. The second kappa shape index (κ2) is 5.72. The predicted molar refractivity (Wildman–Crippen MR) is 74.3 cm³/mol. The van der Waals surface area contributed by atoms with E-state index in [9.17, 15) is 14.9 Å². The summed E-state index contributed by atoms with van der Waals surface area (Å²) in [5.41, 5.74) is 5.55. The summed E-state index contributed by atoms with van der Waals surface area (Å²) in [6.45, 7) is 1.10. The summed E-state index contributed by atoms with van der Waals surface area (Å²) in [5, 5.41) is 13.7. The van der Waals surface area contributed by atoms with Crippen LogP contribution >= 0.6 is 0 Å². The SMILES string of the molecule is CNC(=O)C1CCN(c2nc(N)ccc2[N+](=O)[O-])CC1. The molecule has 8 nitrogen and oxygen atoms in total. The van der Waals surface area contributed by atoms with E-state index in [1.165, 1.54) is 12.1 Å². The van der Waals surface area contributed by atoms with E-state index in [1.54, 1.807) is 7.05 Å². The number of piperidine rings is 1. The Bertz CT molecular complexity index is 526. The third kappa shape index (κ3) is 2.79. The number of nitrogens with two attached hydrogens (primary N) is 1. The van der Waals surface area contributed by atoms with Crippen molar-refractivity contribution in [3.05, 3.63) is 22.2 Å². The molecule has 1 aromatic heterocycles. The smallest absolute Gasteiger partial charge is 0.311 e. The maximum absolute atomic E-state index is 11.6. The van der Waals surface area contributed by atoms with Crippen molar-refractivity contribution < 1.29 is 9.72 Å². The minimum atomic E-state index is -0.466. The van der Waals surface area contributed by atoms with Gasteiger partial charge in [-0.2, -0.15) is 0 Å². The topological polar surface area (TPSA) is 114 Å². The zero-order chi connectivity index (χ0) is 14.7. The Balaban J connectivity index is 2.16. The van der Waals surface area contributed by atoms with Crippen LogP contribution in [0.4, 0.5) is 17.3 Å². The molecular formula is C12H17N5O3. The van der Waals surface area contributed by atoms with Gasteiger partial charge in [-0.15, -0.1) is 0 Å². The second-order valence-corrected chi connectivity index (χ2v) is 4.71. The molecule has 1 saturated heterocycles. The quantitative estimate of drug-likeness (QED) is 0.616. The van der Waals surface area contributed by atoms with Gasteiger partial charge in [-0.1, -0.05) is 0 Å². The zero-order valence-corrected chi connectivity index (χ0v) is 11.2. The van der Waals surface area contributed by atoms with Crippen LogP contribution in [0.25, 0.3) is 0 Å². The molecule has 20 heavy (non-hydrogen) atoms. The number of nitro groups is 1. The Morgan fingerprint density at radius 1 is 1.50 bits per heavy atom. The Kier molecular flexibility index (Phi) is 4.02. The Morgan fingerprint density at radius 2 is 2.15 bits per heavy atom. The molecule has 1 fully saturated rings. The Hall–Kier alpha value is -2.38. The number of hydrogen-bond acceptors (Lipinski definition) is 6. The van der Waals surface area contributed by atoms with Gasteiger partial charge in [0.25, 0.3) is 0 Å². The van der Waals surface area contributed by atoms with Crippen molar-refractivity contribution in [2.24, 2.45) is 5.92 Å². The van der Waals surface area contributed by atoms with Crippen molar-refractivity contribution in [2.75, 3.05) is 30.8 Å². The molecule has 0 saturated carbocycles. The van der Waals surface area contributed by atoms with Crippen LogP contribution in [-0.4, -0.2) is 36.0 Å². The van der Waals surface area contributed by atoms with E-state index in [4.69, 9.17) is 5.73 Å². The lowest BCUT2D eigenvalue weighted by atomic mass is 9.96. The van der Waals surface area contributed by atoms with Gasteiger partial charge in [0.15, 0.2) is 0 Å². The maximum Gasteiger partial charge on any atom is 0.311 e. The number of rotatable bonds is 3.